The summed E-state index contributed by atoms with van der Waals surface area (Å²) in [7, 11) is 0. The van der Waals surface area contributed by atoms with Crippen LogP contribution in [0.4, 0.5) is 34.1 Å². The molecule has 0 fully saturated rings. The van der Waals surface area contributed by atoms with Gasteiger partial charge in [-0.15, -0.1) is 0 Å². The Balaban J connectivity index is 0.000000130. The van der Waals surface area contributed by atoms with Crippen molar-refractivity contribution in [2.45, 2.75) is 0 Å². The molecule has 0 amide bonds. The quantitative estimate of drug-likeness (QED) is 0.110. The summed E-state index contributed by atoms with van der Waals surface area (Å²) >= 11 is 0. The molecule has 0 N–H and O–H groups in total. The maximum Gasteiger partial charge on any atom is 0.189 e. The molecular formula is C120H63N15. The first-order chi connectivity index (χ1) is 66.3. The van der Waals surface area contributed by atoms with Crippen molar-refractivity contribution in [3.8, 4) is 154 Å². The van der Waals surface area contributed by atoms with Crippen LogP contribution in [0.5, 0.6) is 0 Å². The zero-order valence-electron chi connectivity index (χ0n) is 71.6. The monoisotopic (exact) mass is 1710 g/mol. The van der Waals surface area contributed by atoms with Crippen molar-refractivity contribution in [3.63, 3.8) is 0 Å². The van der Waals surface area contributed by atoms with E-state index in [1.165, 1.54) is 0 Å². The van der Waals surface area contributed by atoms with Crippen molar-refractivity contribution >= 4 is 99.5 Å². The Hall–Kier alpha value is -20.8. The Morgan fingerprint density at radius 2 is 0.415 bits per heavy atom. The third-order valence-electron chi connectivity index (χ3n) is 24.1. The highest BCUT2D eigenvalue weighted by Gasteiger charge is 2.25. The minimum atomic E-state index is 0.430. The fraction of sp³-hybridized carbons (Fsp3) is 0. The molecule has 135 heavy (non-hydrogen) atoms. The molecule has 0 aliphatic heterocycles. The van der Waals surface area contributed by atoms with E-state index < -0.39 is 0 Å². The van der Waals surface area contributed by atoms with Crippen LogP contribution in [0.1, 0.15) is 33.4 Å². The zero-order chi connectivity index (χ0) is 92.7. The van der Waals surface area contributed by atoms with Crippen molar-refractivity contribution in [1.29, 1.82) is 31.6 Å². The SMILES string of the molecule is [C-]#[N+]c1cc(-c2cc(-c3ccccc3)c(C#N)c(-c3ccccc3)c2)cc(-n2c3ccc(C#N)cc3c3cc([N+]#[C-])ccc32)c1.[C-]#[N+]c1cc(-c2cc(-c3ccccc3)cc(-c3cccc(C#N)c3)c2)cc(-n2c3ccc(C#N)cc3c3cc([N+]#[C-])ccc32)c1.[C-]#[N+]c1cc(-c2cc(-c3ccccc3)cc(-c3ccccc3)c2C#N)cc(-n2c3ccc(C#N)cc3c3cc([N+]#[C-])ccc32)c1. The van der Waals surface area contributed by atoms with E-state index in [2.05, 4.69) is 128 Å². The summed E-state index contributed by atoms with van der Waals surface area (Å²) in [6.07, 6.45) is 0. The van der Waals surface area contributed by atoms with Crippen molar-refractivity contribution in [3.05, 3.63) is 484 Å². The Morgan fingerprint density at radius 1 is 0.170 bits per heavy atom. The van der Waals surface area contributed by atoms with Gasteiger partial charge in [-0.2, -0.15) is 31.6 Å². The number of rotatable bonds is 12. The molecule has 0 aliphatic rings. The molecule has 21 rings (SSSR count). The third-order valence-corrected chi connectivity index (χ3v) is 24.1. The fourth-order valence-corrected chi connectivity index (χ4v) is 17.9. The van der Waals surface area contributed by atoms with Gasteiger partial charge in [0.15, 0.2) is 34.1 Å². The van der Waals surface area contributed by atoms with Gasteiger partial charge in [-0.3, -0.25) is 0 Å². The molecule has 3 heterocycles. The summed E-state index contributed by atoms with van der Waals surface area (Å²) in [4.78, 5) is 22.4. The highest BCUT2D eigenvalue weighted by molar-refractivity contribution is 6.14. The van der Waals surface area contributed by atoms with E-state index in [1.807, 2.05) is 291 Å². The normalized spacial score (nSPS) is 10.6. The molecule has 0 saturated carbocycles. The topological polar surface area (TPSA) is 184 Å². The highest BCUT2D eigenvalue weighted by atomic mass is 15.0. The molecule has 0 atom stereocenters. The molecule has 15 heteroatoms. The lowest BCUT2D eigenvalue weighted by Gasteiger charge is -2.16. The van der Waals surface area contributed by atoms with Crippen LogP contribution in [0, 0.1) is 107 Å². The second-order valence-corrected chi connectivity index (χ2v) is 32.0. The number of nitrogens with zero attached hydrogens (tertiary/aromatic N) is 15. The van der Waals surface area contributed by atoms with E-state index in [-0.39, 0.29) is 0 Å². The average Bonchev–Trinajstić information content (AvgIpc) is 1.62. The van der Waals surface area contributed by atoms with Gasteiger partial charge in [0.25, 0.3) is 0 Å². The molecule has 0 bridgehead atoms. The summed E-state index contributed by atoms with van der Waals surface area (Å²) in [5.41, 5.74) is 29.9. The molecule has 0 radical (unpaired) electrons. The Bertz CT molecular complexity index is 8740. The number of aromatic nitrogens is 3. The van der Waals surface area contributed by atoms with E-state index >= 15 is 0 Å². The Morgan fingerprint density at radius 3 is 0.733 bits per heavy atom. The van der Waals surface area contributed by atoms with Crippen molar-refractivity contribution in [1.82, 2.24) is 13.7 Å². The second-order valence-electron chi connectivity index (χ2n) is 32.0. The highest BCUT2D eigenvalue weighted by Crippen LogP contribution is 2.47. The summed E-state index contributed by atoms with van der Waals surface area (Å²) < 4.78 is 6.23. The van der Waals surface area contributed by atoms with Crippen LogP contribution < -0.4 is 0 Å². The van der Waals surface area contributed by atoms with Gasteiger partial charge >= 0.3 is 0 Å². The van der Waals surface area contributed by atoms with Gasteiger partial charge in [-0.1, -0.05) is 182 Å². The largest absolute Gasteiger partial charge is 0.311 e. The second kappa shape index (κ2) is 36.3. The van der Waals surface area contributed by atoms with E-state index in [9.17, 15) is 31.6 Å². The first-order valence-electron chi connectivity index (χ1n) is 42.6. The van der Waals surface area contributed by atoms with E-state index in [1.54, 1.807) is 42.5 Å². The minimum Gasteiger partial charge on any atom is -0.311 e. The molecule has 0 unspecified atom stereocenters. The summed E-state index contributed by atoms with van der Waals surface area (Å²) in [5.74, 6) is 0. The van der Waals surface area contributed by atoms with Crippen LogP contribution in [-0.2, 0) is 0 Å². The van der Waals surface area contributed by atoms with Crippen molar-refractivity contribution in [2.24, 2.45) is 0 Å². The van der Waals surface area contributed by atoms with E-state index in [0.29, 0.717) is 67.5 Å². The molecule has 3 aromatic heterocycles. The lowest BCUT2D eigenvalue weighted by atomic mass is 9.88. The number of benzene rings is 18. The van der Waals surface area contributed by atoms with Crippen LogP contribution in [0.15, 0.2) is 382 Å². The average molecular weight is 1710 g/mol. The number of hydrogen-bond donors (Lipinski definition) is 0. The number of nitriles is 6. The zero-order valence-corrected chi connectivity index (χ0v) is 71.6. The standard InChI is InChI=1S/3C40H21N5/c1-43-31-14-16-40-37(23-31)36-17-26(24-41)13-15-39(36)45(40)33-19-30(18-32(22-33)44-2)35-21-29(27-9-5-3-6-10-27)20-34(38(35)25-42)28-11-7-4-8-12-28;1-43-31-14-16-40-37(23-31)36-17-26(24-41)13-15-39(36)45(40)33-19-29(18-32(22-33)44-2)30-20-34(27-9-5-3-6-10-27)38(25-42)35(21-30)28-11-7-4-8-12-28;1-43-34-12-14-40-38(23-34)37-16-27(25-42)11-13-39(37)45(40)36-21-33(20-35(22-36)44-2)32-18-30(28-8-4-3-5-9-28)17-31(19-32)29-10-6-7-26(15-29)24-41/h3*3-23H. The van der Waals surface area contributed by atoms with Gasteiger partial charge in [0.1, 0.15) is 12.1 Å². The van der Waals surface area contributed by atoms with Crippen molar-refractivity contribution < 1.29 is 0 Å². The first kappa shape index (κ1) is 83.8. The molecule has 21 aromatic rings. The molecule has 618 valence electrons. The van der Waals surface area contributed by atoms with Crippen LogP contribution in [0.3, 0.4) is 0 Å². The number of fused-ring (bicyclic) bond motifs is 9. The smallest absolute Gasteiger partial charge is 0.189 e. The Kier molecular flexibility index (Phi) is 22.5. The van der Waals surface area contributed by atoms with Crippen LogP contribution in [0.25, 0.3) is 212 Å². The maximum atomic E-state index is 10.6. The van der Waals surface area contributed by atoms with E-state index in [4.69, 9.17) is 39.4 Å². The minimum absolute atomic E-state index is 0.430. The first-order valence-corrected chi connectivity index (χ1v) is 42.6. The lowest BCUT2D eigenvalue weighted by molar-refractivity contribution is 1.18. The molecule has 0 spiro atoms. The van der Waals surface area contributed by atoms with Gasteiger partial charge in [-0.05, 0) is 300 Å². The van der Waals surface area contributed by atoms with Gasteiger partial charge < -0.3 is 13.7 Å². The predicted molar refractivity (Wildman–Crippen MR) is 537 cm³/mol. The summed E-state index contributed by atoms with van der Waals surface area (Å²) in [6, 6.07) is 136. The van der Waals surface area contributed by atoms with Crippen LogP contribution >= 0.6 is 0 Å². The molecule has 18 aromatic carbocycles. The number of hydrogen-bond acceptors (Lipinski definition) is 6. The maximum absolute atomic E-state index is 10.6. The van der Waals surface area contributed by atoms with Crippen LogP contribution in [-0.4, -0.2) is 13.7 Å². The third kappa shape index (κ3) is 16.1. The molecular weight excluding hydrogens is 1650 g/mol. The molecule has 0 aliphatic carbocycles. The van der Waals surface area contributed by atoms with E-state index in [0.717, 1.165) is 183 Å². The summed E-state index contributed by atoms with van der Waals surface area (Å²) in [5, 5.41) is 64.5. The van der Waals surface area contributed by atoms with Gasteiger partial charge in [0.05, 0.1) is 130 Å². The van der Waals surface area contributed by atoms with Gasteiger partial charge in [0.2, 0.25) is 0 Å². The van der Waals surface area contributed by atoms with Crippen LogP contribution in [0.2, 0.25) is 0 Å². The molecule has 0 saturated heterocycles. The lowest BCUT2D eigenvalue weighted by Crippen LogP contribution is -1.97. The van der Waals surface area contributed by atoms with Gasteiger partial charge in [0, 0.05) is 49.9 Å². The summed E-state index contributed by atoms with van der Waals surface area (Å²) in [6.45, 7) is 46.6. The Labute approximate surface area is 777 Å². The van der Waals surface area contributed by atoms with Gasteiger partial charge in [-0.25, -0.2) is 29.1 Å². The van der Waals surface area contributed by atoms with Crippen molar-refractivity contribution in [2.75, 3.05) is 0 Å². The fourth-order valence-electron chi connectivity index (χ4n) is 17.9. The molecule has 15 nitrogen and oxygen atoms in total. The predicted octanol–water partition coefficient (Wildman–Crippen LogP) is 31.9.